The molecule has 0 aromatic heterocycles. The molecule has 1 fully saturated rings. The molecule has 5 heteroatoms. The Kier molecular flexibility index (Phi) is 7.31. The first-order valence-electron chi connectivity index (χ1n) is 11.8. The molecule has 3 aromatic carbocycles. The summed E-state index contributed by atoms with van der Waals surface area (Å²) in [5.74, 6) is 0.104. The van der Waals surface area contributed by atoms with Crippen molar-refractivity contribution in [1.29, 1.82) is 0 Å². The SMILES string of the molecule is CC(C)c1cccc(C(C)C(=O)N2C(=O)OC[C@@H]2Cc2ccccc2)c1OCc1ccccc1. The van der Waals surface area contributed by atoms with Crippen LogP contribution in [0.5, 0.6) is 5.75 Å². The van der Waals surface area contributed by atoms with Crippen molar-refractivity contribution in [3.05, 3.63) is 101 Å². The minimum atomic E-state index is -0.579. The Morgan fingerprint density at radius 1 is 0.912 bits per heavy atom. The summed E-state index contributed by atoms with van der Waals surface area (Å²) >= 11 is 0. The lowest BCUT2D eigenvalue weighted by molar-refractivity contribution is -0.130. The lowest BCUT2D eigenvalue weighted by Crippen LogP contribution is -2.42. The number of benzene rings is 3. The van der Waals surface area contributed by atoms with Gasteiger partial charge in [-0.15, -0.1) is 0 Å². The number of para-hydroxylation sites is 1. The molecule has 0 spiro atoms. The number of imide groups is 1. The number of hydrogen-bond acceptors (Lipinski definition) is 4. The van der Waals surface area contributed by atoms with E-state index in [4.69, 9.17) is 9.47 Å². The minimum Gasteiger partial charge on any atom is -0.488 e. The molecule has 0 N–H and O–H groups in total. The van der Waals surface area contributed by atoms with Crippen molar-refractivity contribution in [1.82, 2.24) is 4.90 Å². The third-order valence-electron chi connectivity index (χ3n) is 6.27. The normalized spacial score (nSPS) is 16.4. The number of ether oxygens (including phenoxy) is 2. The van der Waals surface area contributed by atoms with Gasteiger partial charge in [0.1, 0.15) is 19.0 Å². The van der Waals surface area contributed by atoms with Crippen molar-refractivity contribution >= 4 is 12.0 Å². The van der Waals surface area contributed by atoms with Crippen LogP contribution in [0.25, 0.3) is 0 Å². The van der Waals surface area contributed by atoms with Crippen LogP contribution in [0.15, 0.2) is 78.9 Å². The van der Waals surface area contributed by atoms with Crippen LogP contribution in [-0.2, 0) is 22.6 Å². The fourth-order valence-electron chi connectivity index (χ4n) is 4.37. The number of nitrogens with zero attached hydrogens (tertiary/aromatic N) is 1. The van der Waals surface area contributed by atoms with E-state index in [1.807, 2.05) is 85.8 Å². The van der Waals surface area contributed by atoms with E-state index in [-0.39, 0.29) is 24.5 Å². The molecule has 1 heterocycles. The van der Waals surface area contributed by atoms with Crippen LogP contribution in [0, 0.1) is 0 Å². The highest BCUT2D eigenvalue weighted by atomic mass is 16.6. The van der Waals surface area contributed by atoms with E-state index >= 15 is 0 Å². The Morgan fingerprint density at radius 3 is 2.18 bits per heavy atom. The third-order valence-corrected chi connectivity index (χ3v) is 6.27. The van der Waals surface area contributed by atoms with Gasteiger partial charge >= 0.3 is 6.09 Å². The van der Waals surface area contributed by atoms with Crippen LogP contribution >= 0.6 is 0 Å². The first kappa shape index (κ1) is 23.6. The molecule has 0 saturated carbocycles. The highest BCUT2D eigenvalue weighted by Crippen LogP contribution is 2.37. The van der Waals surface area contributed by atoms with Crippen molar-refractivity contribution in [2.45, 2.75) is 51.7 Å². The molecular weight excluding hydrogens is 426 g/mol. The summed E-state index contributed by atoms with van der Waals surface area (Å²) in [5, 5.41) is 0. The zero-order valence-corrected chi connectivity index (χ0v) is 19.9. The summed E-state index contributed by atoms with van der Waals surface area (Å²) < 4.78 is 11.6. The fourth-order valence-corrected chi connectivity index (χ4v) is 4.37. The molecule has 0 aliphatic carbocycles. The topological polar surface area (TPSA) is 55.8 Å². The van der Waals surface area contributed by atoms with Crippen molar-refractivity contribution in [3.63, 3.8) is 0 Å². The molecule has 176 valence electrons. The Bertz CT molecular complexity index is 1130. The molecule has 5 nitrogen and oxygen atoms in total. The summed E-state index contributed by atoms with van der Waals surface area (Å²) in [4.78, 5) is 27.5. The lowest BCUT2D eigenvalue weighted by atomic mass is 9.91. The smallest absolute Gasteiger partial charge is 0.417 e. The van der Waals surface area contributed by atoms with Crippen LogP contribution in [0.3, 0.4) is 0 Å². The van der Waals surface area contributed by atoms with E-state index in [1.165, 1.54) is 4.90 Å². The summed E-state index contributed by atoms with van der Waals surface area (Å²) in [5.41, 5.74) is 3.94. The first-order chi connectivity index (χ1) is 16.5. The average molecular weight is 458 g/mol. The summed E-state index contributed by atoms with van der Waals surface area (Å²) in [6.07, 6.45) is -0.0152. The van der Waals surface area contributed by atoms with Crippen molar-refractivity contribution in [3.8, 4) is 5.75 Å². The van der Waals surface area contributed by atoms with Gasteiger partial charge in [0.05, 0.1) is 12.0 Å². The number of hydrogen-bond donors (Lipinski definition) is 0. The zero-order valence-electron chi connectivity index (χ0n) is 19.9. The highest BCUT2D eigenvalue weighted by molar-refractivity contribution is 5.97. The zero-order chi connectivity index (χ0) is 24.1. The maximum absolute atomic E-state index is 13.6. The molecule has 34 heavy (non-hydrogen) atoms. The van der Waals surface area contributed by atoms with E-state index < -0.39 is 12.0 Å². The van der Waals surface area contributed by atoms with Gasteiger partial charge in [-0.05, 0) is 36.0 Å². The van der Waals surface area contributed by atoms with Gasteiger partial charge in [0, 0.05) is 5.56 Å². The summed E-state index contributed by atoms with van der Waals surface area (Å²) in [6, 6.07) is 25.4. The Balaban J connectivity index is 1.60. The molecule has 2 amide bonds. The van der Waals surface area contributed by atoms with E-state index in [9.17, 15) is 9.59 Å². The highest BCUT2D eigenvalue weighted by Gasteiger charge is 2.40. The van der Waals surface area contributed by atoms with Gasteiger partial charge in [0.2, 0.25) is 5.91 Å². The van der Waals surface area contributed by atoms with Crippen molar-refractivity contribution < 1.29 is 19.1 Å². The van der Waals surface area contributed by atoms with Crippen molar-refractivity contribution in [2.24, 2.45) is 0 Å². The van der Waals surface area contributed by atoms with E-state index in [1.54, 1.807) is 0 Å². The third kappa shape index (κ3) is 5.14. The predicted molar refractivity (Wildman–Crippen MR) is 132 cm³/mol. The molecule has 1 saturated heterocycles. The monoisotopic (exact) mass is 457 g/mol. The maximum atomic E-state index is 13.6. The summed E-state index contributed by atoms with van der Waals surface area (Å²) in [7, 11) is 0. The van der Waals surface area contributed by atoms with E-state index in [0.29, 0.717) is 13.0 Å². The number of cyclic esters (lactones) is 1. The number of carbonyl (C=O) groups excluding carboxylic acids is 2. The Labute approximate surface area is 201 Å². The van der Waals surface area contributed by atoms with Crippen LogP contribution in [0.1, 0.15) is 54.9 Å². The molecule has 4 rings (SSSR count). The molecule has 2 atom stereocenters. The molecule has 3 aromatic rings. The Morgan fingerprint density at radius 2 is 1.53 bits per heavy atom. The van der Waals surface area contributed by atoms with Gasteiger partial charge in [-0.2, -0.15) is 0 Å². The number of rotatable bonds is 8. The standard InChI is InChI=1S/C29H31NO4/c1-20(2)25-15-10-16-26(27(25)33-18-23-13-8-5-9-14-23)21(3)28(31)30-24(19-34-29(30)32)17-22-11-6-4-7-12-22/h4-16,20-21,24H,17-19H2,1-3H3/t21?,24-/m0/s1. The average Bonchev–Trinajstić information content (AvgIpc) is 3.22. The Hall–Kier alpha value is -3.60. The molecular formula is C29H31NO4. The van der Waals surface area contributed by atoms with Gasteiger partial charge < -0.3 is 9.47 Å². The maximum Gasteiger partial charge on any atom is 0.417 e. The van der Waals surface area contributed by atoms with Crippen LogP contribution in [0.2, 0.25) is 0 Å². The minimum absolute atomic E-state index is 0.204. The van der Waals surface area contributed by atoms with Gasteiger partial charge in [-0.3, -0.25) is 4.79 Å². The fraction of sp³-hybridized carbons (Fsp3) is 0.310. The van der Waals surface area contributed by atoms with Gasteiger partial charge in [0.25, 0.3) is 0 Å². The van der Waals surface area contributed by atoms with Crippen LogP contribution in [-0.4, -0.2) is 29.5 Å². The molecule has 1 aliphatic rings. The molecule has 0 bridgehead atoms. The van der Waals surface area contributed by atoms with Crippen LogP contribution < -0.4 is 4.74 Å². The first-order valence-corrected chi connectivity index (χ1v) is 11.8. The second-order valence-corrected chi connectivity index (χ2v) is 9.04. The largest absolute Gasteiger partial charge is 0.488 e. The lowest BCUT2D eigenvalue weighted by Gasteiger charge is -2.26. The van der Waals surface area contributed by atoms with Gasteiger partial charge in [-0.25, -0.2) is 9.69 Å². The number of amides is 2. The van der Waals surface area contributed by atoms with Gasteiger partial charge in [-0.1, -0.05) is 92.7 Å². The van der Waals surface area contributed by atoms with Gasteiger partial charge in [0.15, 0.2) is 0 Å². The van der Waals surface area contributed by atoms with E-state index in [2.05, 4.69) is 13.8 Å². The predicted octanol–water partition coefficient (Wildman–Crippen LogP) is 6.08. The summed E-state index contributed by atoms with van der Waals surface area (Å²) in [6.45, 7) is 6.65. The molecule has 0 radical (unpaired) electrons. The second kappa shape index (κ2) is 10.6. The molecule has 1 aliphatic heterocycles. The number of carbonyl (C=O) groups is 2. The van der Waals surface area contributed by atoms with E-state index in [0.717, 1.165) is 28.0 Å². The molecule has 1 unspecified atom stereocenters. The quantitative estimate of drug-likeness (QED) is 0.411. The van der Waals surface area contributed by atoms with Crippen LogP contribution in [0.4, 0.5) is 4.79 Å². The second-order valence-electron chi connectivity index (χ2n) is 9.04. The van der Waals surface area contributed by atoms with Crippen molar-refractivity contribution in [2.75, 3.05) is 6.61 Å².